The van der Waals surface area contributed by atoms with Crippen LogP contribution >= 0.6 is 23.2 Å². The number of halogens is 2. The second-order valence-electron chi connectivity index (χ2n) is 10.5. The molecule has 2 amide bonds. The van der Waals surface area contributed by atoms with Crippen molar-refractivity contribution in [3.05, 3.63) is 99.5 Å². The molecule has 1 atom stereocenters. The normalized spacial score (nSPS) is 14.4. The van der Waals surface area contributed by atoms with Gasteiger partial charge in [0.25, 0.3) is 0 Å². The summed E-state index contributed by atoms with van der Waals surface area (Å²) in [6, 6.07) is 20.6. The molecule has 1 aliphatic rings. The summed E-state index contributed by atoms with van der Waals surface area (Å²) < 4.78 is 26.9. The number of carbonyl (C=O) groups is 2. The van der Waals surface area contributed by atoms with E-state index in [2.05, 4.69) is 5.32 Å². The summed E-state index contributed by atoms with van der Waals surface area (Å²) in [6.07, 6.45) is 5.15. The predicted molar refractivity (Wildman–Crippen MR) is 165 cm³/mol. The van der Waals surface area contributed by atoms with Gasteiger partial charge in [0.05, 0.1) is 11.9 Å². The van der Waals surface area contributed by atoms with Gasteiger partial charge in [-0.05, 0) is 54.7 Å². The quantitative estimate of drug-likeness (QED) is 0.297. The van der Waals surface area contributed by atoms with E-state index in [0.29, 0.717) is 15.6 Å². The van der Waals surface area contributed by atoms with E-state index in [1.807, 2.05) is 43.3 Å². The van der Waals surface area contributed by atoms with Gasteiger partial charge < -0.3 is 10.2 Å². The van der Waals surface area contributed by atoms with Crippen molar-refractivity contribution in [2.75, 3.05) is 17.1 Å². The summed E-state index contributed by atoms with van der Waals surface area (Å²) in [5.74, 6) is -0.806. The van der Waals surface area contributed by atoms with Gasteiger partial charge in [0.15, 0.2) is 0 Å². The molecule has 0 aromatic heterocycles. The molecule has 218 valence electrons. The van der Waals surface area contributed by atoms with Gasteiger partial charge in [-0.25, -0.2) is 8.42 Å². The minimum absolute atomic E-state index is 0.0281. The maximum atomic E-state index is 14.2. The third-order valence-corrected chi connectivity index (χ3v) is 9.31. The molecule has 10 heteroatoms. The molecule has 1 aliphatic carbocycles. The number of nitrogens with one attached hydrogen (secondary N) is 1. The summed E-state index contributed by atoms with van der Waals surface area (Å²) in [5.41, 5.74) is 2.58. The molecular formula is C31H35Cl2N3O4S. The maximum Gasteiger partial charge on any atom is 0.244 e. The Bertz CT molecular complexity index is 1480. The molecule has 7 nitrogen and oxygen atoms in total. The Balaban J connectivity index is 1.74. The number of hydrogen-bond donors (Lipinski definition) is 1. The van der Waals surface area contributed by atoms with Crippen LogP contribution in [0.3, 0.4) is 0 Å². The Hall–Kier alpha value is -3.07. The summed E-state index contributed by atoms with van der Waals surface area (Å²) in [7, 11) is -3.88. The lowest BCUT2D eigenvalue weighted by Crippen LogP contribution is -2.54. The molecule has 4 rings (SSSR count). The number of anilines is 1. The van der Waals surface area contributed by atoms with Crippen molar-refractivity contribution < 1.29 is 18.0 Å². The molecule has 0 aliphatic heterocycles. The first-order chi connectivity index (χ1) is 19.5. The maximum absolute atomic E-state index is 14.2. The van der Waals surface area contributed by atoms with Crippen LogP contribution in [0.15, 0.2) is 72.8 Å². The van der Waals surface area contributed by atoms with Crippen molar-refractivity contribution in [1.82, 2.24) is 10.2 Å². The lowest BCUT2D eigenvalue weighted by Gasteiger charge is -2.34. The minimum atomic E-state index is -3.88. The average Bonchev–Trinajstić information content (AvgIpc) is 3.44. The molecule has 1 saturated carbocycles. The van der Waals surface area contributed by atoms with Crippen molar-refractivity contribution in [2.24, 2.45) is 0 Å². The van der Waals surface area contributed by atoms with Crippen LogP contribution in [-0.2, 0) is 32.6 Å². The van der Waals surface area contributed by atoms with Gasteiger partial charge >= 0.3 is 0 Å². The van der Waals surface area contributed by atoms with E-state index in [1.165, 1.54) is 11.0 Å². The number of rotatable bonds is 11. The highest BCUT2D eigenvalue weighted by atomic mass is 35.5. The van der Waals surface area contributed by atoms with E-state index in [1.54, 1.807) is 30.3 Å². The molecule has 0 heterocycles. The fourth-order valence-electron chi connectivity index (χ4n) is 5.08. The number of carbonyl (C=O) groups excluding carboxylic acids is 2. The Kier molecular flexibility index (Phi) is 10.3. The lowest BCUT2D eigenvalue weighted by molar-refractivity contribution is -0.140. The van der Waals surface area contributed by atoms with Crippen LogP contribution in [-0.4, -0.2) is 50.0 Å². The van der Waals surface area contributed by atoms with Crippen LogP contribution in [0.5, 0.6) is 0 Å². The molecule has 0 bridgehead atoms. The molecular weight excluding hydrogens is 581 g/mol. The lowest BCUT2D eigenvalue weighted by atomic mass is 10.0. The summed E-state index contributed by atoms with van der Waals surface area (Å²) in [5, 5.41) is 3.98. The minimum Gasteiger partial charge on any atom is -0.352 e. The Morgan fingerprint density at radius 2 is 1.61 bits per heavy atom. The van der Waals surface area contributed by atoms with Crippen molar-refractivity contribution in [3.63, 3.8) is 0 Å². The Morgan fingerprint density at radius 3 is 2.24 bits per heavy atom. The predicted octanol–water partition coefficient (Wildman–Crippen LogP) is 5.77. The fourth-order valence-corrected chi connectivity index (χ4v) is 6.29. The van der Waals surface area contributed by atoms with Crippen LogP contribution in [0.25, 0.3) is 0 Å². The molecule has 3 aromatic carbocycles. The molecule has 0 saturated heterocycles. The van der Waals surface area contributed by atoms with E-state index < -0.39 is 28.5 Å². The molecule has 3 aromatic rings. The number of benzene rings is 3. The second kappa shape index (κ2) is 13.7. The number of hydrogen-bond acceptors (Lipinski definition) is 4. The van der Waals surface area contributed by atoms with Gasteiger partial charge in [-0.2, -0.15) is 0 Å². The number of sulfonamides is 1. The smallest absolute Gasteiger partial charge is 0.244 e. The van der Waals surface area contributed by atoms with Gasteiger partial charge in [0.1, 0.15) is 12.6 Å². The molecule has 0 unspecified atom stereocenters. The van der Waals surface area contributed by atoms with Crippen molar-refractivity contribution in [1.29, 1.82) is 0 Å². The Labute approximate surface area is 252 Å². The van der Waals surface area contributed by atoms with E-state index in [-0.39, 0.29) is 30.6 Å². The first-order valence-electron chi connectivity index (χ1n) is 13.6. The van der Waals surface area contributed by atoms with Crippen molar-refractivity contribution in [2.45, 2.75) is 57.7 Å². The topological polar surface area (TPSA) is 86.8 Å². The van der Waals surface area contributed by atoms with Crippen molar-refractivity contribution in [3.8, 4) is 0 Å². The van der Waals surface area contributed by atoms with E-state index in [4.69, 9.17) is 23.2 Å². The molecule has 41 heavy (non-hydrogen) atoms. The fraction of sp³-hybridized carbons (Fsp3) is 0.355. The van der Waals surface area contributed by atoms with Gasteiger partial charge in [-0.15, -0.1) is 0 Å². The van der Waals surface area contributed by atoms with Crippen LogP contribution in [0, 0.1) is 6.92 Å². The third-order valence-electron chi connectivity index (χ3n) is 7.39. The van der Waals surface area contributed by atoms with Crippen molar-refractivity contribution >= 4 is 50.7 Å². The molecule has 0 spiro atoms. The van der Waals surface area contributed by atoms with Gasteiger partial charge in [-0.1, -0.05) is 90.6 Å². The van der Waals surface area contributed by atoms with Crippen LogP contribution in [0.2, 0.25) is 10.0 Å². The number of amides is 2. The standard InChI is InChI=1S/C31H35Cl2N3O4S/c1-22-16-17-26(19-28(22)33)36(41(2,39)40)21-30(37)35(20-24-12-6-9-15-27(24)32)29(18-23-10-4-3-5-11-23)31(38)34-25-13-7-8-14-25/h3-6,9-12,15-17,19,25,29H,7-8,13-14,18,20-21H2,1-2H3,(H,34,38)/t29-/m0/s1. The van der Waals surface area contributed by atoms with E-state index >= 15 is 0 Å². The third kappa shape index (κ3) is 8.24. The largest absolute Gasteiger partial charge is 0.352 e. The second-order valence-corrected chi connectivity index (χ2v) is 13.2. The van der Waals surface area contributed by atoms with E-state index in [9.17, 15) is 18.0 Å². The first kappa shape index (κ1) is 30.9. The monoisotopic (exact) mass is 615 g/mol. The summed E-state index contributed by atoms with van der Waals surface area (Å²) in [6.45, 7) is 1.33. The zero-order valence-corrected chi connectivity index (χ0v) is 25.6. The van der Waals surface area contributed by atoms with E-state index in [0.717, 1.165) is 47.4 Å². The summed E-state index contributed by atoms with van der Waals surface area (Å²) in [4.78, 5) is 29.5. The van der Waals surface area contributed by atoms with Gasteiger partial charge in [0.2, 0.25) is 21.8 Å². The highest BCUT2D eigenvalue weighted by Crippen LogP contribution is 2.27. The molecule has 1 N–H and O–H groups in total. The zero-order chi connectivity index (χ0) is 29.6. The van der Waals surface area contributed by atoms with Crippen LogP contribution in [0.4, 0.5) is 5.69 Å². The van der Waals surface area contributed by atoms with Crippen LogP contribution < -0.4 is 9.62 Å². The molecule has 0 radical (unpaired) electrons. The first-order valence-corrected chi connectivity index (χ1v) is 16.2. The zero-order valence-electron chi connectivity index (χ0n) is 23.2. The highest BCUT2D eigenvalue weighted by Gasteiger charge is 2.34. The molecule has 1 fully saturated rings. The average molecular weight is 617 g/mol. The number of nitrogens with zero attached hydrogens (tertiary/aromatic N) is 2. The number of aryl methyl sites for hydroxylation is 1. The summed E-state index contributed by atoms with van der Waals surface area (Å²) >= 11 is 12.8. The highest BCUT2D eigenvalue weighted by molar-refractivity contribution is 7.92. The Morgan fingerprint density at radius 1 is 0.951 bits per heavy atom. The van der Waals surface area contributed by atoms with Gasteiger partial charge in [-0.3, -0.25) is 13.9 Å². The SMILES string of the molecule is Cc1ccc(N(CC(=O)N(Cc2ccccc2Cl)[C@@H](Cc2ccccc2)C(=O)NC2CCCC2)S(C)(=O)=O)cc1Cl. The van der Waals surface area contributed by atoms with Crippen LogP contribution in [0.1, 0.15) is 42.4 Å². The van der Waals surface area contributed by atoms with Gasteiger partial charge in [0, 0.05) is 29.1 Å².